The highest BCUT2D eigenvalue weighted by Crippen LogP contribution is 2.21. The largest absolute Gasteiger partial charge is 0.339 e. The van der Waals surface area contributed by atoms with Crippen molar-refractivity contribution in [2.75, 3.05) is 32.7 Å². The average Bonchev–Trinajstić information content (AvgIpc) is 2.87. The first-order valence-electron chi connectivity index (χ1n) is 11.3. The second-order valence-corrected chi connectivity index (χ2v) is 8.35. The lowest BCUT2D eigenvalue weighted by Gasteiger charge is -2.37. The molecule has 6 nitrogen and oxygen atoms in total. The zero-order valence-corrected chi connectivity index (χ0v) is 20.0. The third-order valence-electron chi connectivity index (χ3n) is 6.01. The minimum Gasteiger partial charge on any atom is -0.339 e. The summed E-state index contributed by atoms with van der Waals surface area (Å²) in [6.45, 7) is 4.42. The standard InChI is InChI=1S/C27H29N5O.ClH/c28-18-26(25-12-7-13-29-19-25)31-14-16-32(17-15-31)27(33)22-30(20-23-8-3-1-4-9-23)21-24-10-5-2-6-11-24;/h1-13,19,26H,14-17,20-22H2;1H. The van der Waals surface area contributed by atoms with Gasteiger partial charge in [-0.25, -0.2) is 0 Å². The summed E-state index contributed by atoms with van der Waals surface area (Å²) in [6.07, 6.45) is 3.46. The van der Waals surface area contributed by atoms with Gasteiger partial charge in [-0.2, -0.15) is 5.26 Å². The molecule has 2 aromatic carbocycles. The molecule has 1 aromatic heterocycles. The molecule has 1 aliphatic rings. The lowest BCUT2D eigenvalue weighted by atomic mass is 10.1. The van der Waals surface area contributed by atoms with Crippen molar-refractivity contribution in [1.82, 2.24) is 19.7 Å². The van der Waals surface area contributed by atoms with E-state index in [0.717, 1.165) is 18.7 Å². The predicted octanol–water partition coefficient (Wildman–Crippen LogP) is 3.91. The summed E-state index contributed by atoms with van der Waals surface area (Å²) >= 11 is 0. The number of rotatable bonds is 8. The van der Waals surface area contributed by atoms with E-state index in [1.807, 2.05) is 53.4 Å². The number of halogens is 1. The fraction of sp³-hybridized carbons (Fsp3) is 0.296. The molecule has 176 valence electrons. The van der Waals surface area contributed by atoms with Crippen molar-refractivity contribution in [3.8, 4) is 6.07 Å². The van der Waals surface area contributed by atoms with Crippen molar-refractivity contribution in [3.05, 3.63) is 102 Å². The van der Waals surface area contributed by atoms with Crippen LogP contribution in [-0.2, 0) is 17.9 Å². The lowest BCUT2D eigenvalue weighted by molar-refractivity contribution is -0.134. The zero-order chi connectivity index (χ0) is 22.9. The fourth-order valence-electron chi connectivity index (χ4n) is 4.28. The summed E-state index contributed by atoms with van der Waals surface area (Å²) in [5.41, 5.74) is 3.29. The molecule has 0 N–H and O–H groups in total. The molecule has 4 rings (SSSR count). The number of carbonyl (C=O) groups excluding carboxylic acids is 1. The molecule has 1 unspecified atom stereocenters. The fourth-order valence-corrected chi connectivity index (χ4v) is 4.28. The van der Waals surface area contributed by atoms with Crippen LogP contribution in [0.1, 0.15) is 22.7 Å². The van der Waals surface area contributed by atoms with E-state index in [2.05, 4.69) is 45.1 Å². The number of hydrogen-bond acceptors (Lipinski definition) is 5. The molecule has 1 amide bonds. The Morgan fingerprint density at radius 1 is 0.912 bits per heavy atom. The first-order valence-corrected chi connectivity index (χ1v) is 11.3. The van der Waals surface area contributed by atoms with Crippen molar-refractivity contribution >= 4 is 18.3 Å². The van der Waals surface area contributed by atoms with Crippen LogP contribution in [0.2, 0.25) is 0 Å². The van der Waals surface area contributed by atoms with E-state index in [9.17, 15) is 10.1 Å². The normalized spacial score (nSPS) is 14.8. The van der Waals surface area contributed by atoms with Gasteiger partial charge in [-0.15, -0.1) is 12.4 Å². The molecular weight excluding hydrogens is 446 g/mol. The van der Waals surface area contributed by atoms with Crippen LogP contribution in [0, 0.1) is 11.3 Å². The molecule has 1 saturated heterocycles. The van der Waals surface area contributed by atoms with Gasteiger partial charge in [0.25, 0.3) is 0 Å². The second kappa shape index (κ2) is 12.9. The molecule has 1 atom stereocenters. The first kappa shape index (κ1) is 25.4. The number of aromatic nitrogens is 1. The molecule has 0 saturated carbocycles. The number of nitriles is 1. The quantitative estimate of drug-likeness (QED) is 0.494. The number of carbonyl (C=O) groups is 1. The Hall–Kier alpha value is -3.24. The van der Waals surface area contributed by atoms with E-state index in [4.69, 9.17) is 0 Å². The summed E-state index contributed by atoms with van der Waals surface area (Å²) in [5.74, 6) is 0.136. The molecule has 3 aromatic rings. The smallest absolute Gasteiger partial charge is 0.236 e. The van der Waals surface area contributed by atoms with E-state index < -0.39 is 0 Å². The monoisotopic (exact) mass is 475 g/mol. The van der Waals surface area contributed by atoms with Gasteiger partial charge in [0.1, 0.15) is 6.04 Å². The summed E-state index contributed by atoms with van der Waals surface area (Å²) in [5, 5.41) is 9.70. The number of benzene rings is 2. The first-order chi connectivity index (χ1) is 16.2. The van der Waals surface area contributed by atoms with E-state index >= 15 is 0 Å². The molecule has 0 bridgehead atoms. The molecule has 34 heavy (non-hydrogen) atoms. The minimum absolute atomic E-state index is 0. The van der Waals surface area contributed by atoms with Crippen molar-refractivity contribution < 1.29 is 4.79 Å². The van der Waals surface area contributed by atoms with Gasteiger partial charge in [-0.05, 0) is 17.2 Å². The van der Waals surface area contributed by atoms with Gasteiger partial charge in [0.15, 0.2) is 0 Å². The summed E-state index contributed by atoms with van der Waals surface area (Å²) < 4.78 is 0. The summed E-state index contributed by atoms with van der Waals surface area (Å²) in [7, 11) is 0. The maximum absolute atomic E-state index is 13.2. The number of nitrogens with zero attached hydrogens (tertiary/aromatic N) is 5. The molecule has 0 aliphatic carbocycles. The highest BCUT2D eigenvalue weighted by molar-refractivity contribution is 5.85. The minimum atomic E-state index is -0.330. The van der Waals surface area contributed by atoms with E-state index in [1.165, 1.54) is 11.1 Å². The number of hydrogen-bond donors (Lipinski definition) is 0. The second-order valence-electron chi connectivity index (χ2n) is 8.35. The van der Waals surface area contributed by atoms with Gasteiger partial charge in [-0.1, -0.05) is 66.7 Å². The van der Waals surface area contributed by atoms with Crippen LogP contribution in [0.15, 0.2) is 85.2 Å². The third-order valence-corrected chi connectivity index (χ3v) is 6.01. The molecule has 0 radical (unpaired) electrons. The lowest BCUT2D eigenvalue weighted by Crippen LogP contribution is -2.51. The van der Waals surface area contributed by atoms with Crippen LogP contribution in [0.5, 0.6) is 0 Å². The van der Waals surface area contributed by atoms with Crippen LogP contribution >= 0.6 is 12.4 Å². The number of pyridine rings is 1. The Labute approximate surface area is 207 Å². The molecule has 7 heteroatoms. The Morgan fingerprint density at radius 3 is 2.00 bits per heavy atom. The van der Waals surface area contributed by atoms with E-state index in [-0.39, 0.29) is 24.4 Å². The Bertz CT molecular complexity index is 1010. The van der Waals surface area contributed by atoms with Crippen LogP contribution in [0.3, 0.4) is 0 Å². The number of amides is 1. The van der Waals surface area contributed by atoms with Crippen LogP contribution in [0.25, 0.3) is 0 Å². The van der Waals surface area contributed by atoms with Crippen molar-refractivity contribution in [1.29, 1.82) is 5.26 Å². The molecule has 0 spiro atoms. The SMILES string of the molecule is Cl.N#CC(c1cccnc1)N1CCN(C(=O)CN(Cc2ccccc2)Cc2ccccc2)CC1. The molecule has 1 fully saturated rings. The maximum Gasteiger partial charge on any atom is 0.236 e. The van der Waals surface area contributed by atoms with Gasteiger partial charge in [0, 0.05) is 57.2 Å². The maximum atomic E-state index is 13.2. The van der Waals surface area contributed by atoms with Crippen LogP contribution in [-0.4, -0.2) is 58.3 Å². The number of piperazine rings is 1. The highest BCUT2D eigenvalue weighted by Gasteiger charge is 2.28. The van der Waals surface area contributed by atoms with Gasteiger partial charge < -0.3 is 4.90 Å². The third kappa shape index (κ3) is 6.88. The Balaban J connectivity index is 0.00000324. The Morgan fingerprint density at radius 2 is 1.50 bits per heavy atom. The zero-order valence-electron chi connectivity index (χ0n) is 19.2. The highest BCUT2D eigenvalue weighted by atomic mass is 35.5. The predicted molar refractivity (Wildman–Crippen MR) is 135 cm³/mol. The Kier molecular flexibility index (Phi) is 9.60. The topological polar surface area (TPSA) is 63.5 Å². The van der Waals surface area contributed by atoms with Gasteiger partial charge in [0.2, 0.25) is 5.91 Å². The van der Waals surface area contributed by atoms with Crippen molar-refractivity contribution in [3.63, 3.8) is 0 Å². The van der Waals surface area contributed by atoms with Crippen molar-refractivity contribution in [2.24, 2.45) is 0 Å². The molecule has 1 aliphatic heterocycles. The van der Waals surface area contributed by atoms with Crippen LogP contribution in [0.4, 0.5) is 0 Å². The summed E-state index contributed by atoms with van der Waals surface area (Å²) in [4.78, 5) is 23.6. The summed E-state index contributed by atoms with van der Waals surface area (Å²) in [6, 6.07) is 26.4. The van der Waals surface area contributed by atoms with Crippen molar-refractivity contribution in [2.45, 2.75) is 19.1 Å². The molecular formula is C27H30ClN5O. The van der Waals surface area contributed by atoms with Gasteiger partial charge in [-0.3, -0.25) is 19.6 Å². The van der Waals surface area contributed by atoms with Crippen LogP contribution < -0.4 is 0 Å². The van der Waals surface area contributed by atoms with Gasteiger partial charge >= 0.3 is 0 Å². The van der Waals surface area contributed by atoms with E-state index in [0.29, 0.717) is 32.7 Å². The average molecular weight is 476 g/mol. The van der Waals surface area contributed by atoms with E-state index in [1.54, 1.807) is 12.4 Å². The molecule has 2 heterocycles. The van der Waals surface area contributed by atoms with Gasteiger partial charge in [0.05, 0.1) is 12.6 Å².